The standard InChI is InChI=1S/C15H19F2NO2/c16-12-5-4-11(8-13(12)17)9-14(20)18-15(10-19)6-2-1-3-7-15/h4-5,8,19H,1-3,6-7,9-10H2,(H,18,20). The molecule has 1 amide bonds. The molecule has 0 spiro atoms. The number of hydrogen-bond acceptors (Lipinski definition) is 2. The van der Waals surface area contributed by atoms with E-state index >= 15 is 0 Å². The molecule has 2 N–H and O–H groups in total. The molecule has 3 nitrogen and oxygen atoms in total. The zero-order valence-corrected chi connectivity index (χ0v) is 11.3. The van der Waals surface area contributed by atoms with Crippen LogP contribution in [-0.4, -0.2) is 23.2 Å². The molecule has 0 unspecified atom stereocenters. The van der Waals surface area contributed by atoms with E-state index in [4.69, 9.17) is 0 Å². The average molecular weight is 283 g/mol. The molecule has 20 heavy (non-hydrogen) atoms. The molecule has 1 aromatic carbocycles. The Bertz CT molecular complexity index is 485. The second-order valence-corrected chi connectivity index (χ2v) is 5.47. The van der Waals surface area contributed by atoms with Gasteiger partial charge in [-0.2, -0.15) is 0 Å². The highest BCUT2D eigenvalue weighted by Gasteiger charge is 2.32. The summed E-state index contributed by atoms with van der Waals surface area (Å²) >= 11 is 0. The van der Waals surface area contributed by atoms with Crippen LogP contribution >= 0.6 is 0 Å². The van der Waals surface area contributed by atoms with Gasteiger partial charge >= 0.3 is 0 Å². The van der Waals surface area contributed by atoms with Crippen LogP contribution < -0.4 is 5.32 Å². The van der Waals surface area contributed by atoms with Crippen LogP contribution in [-0.2, 0) is 11.2 Å². The minimum absolute atomic E-state index is 0.0149. The summed E-state index contributed by atoms with van der Waals surface area (Å²) in [6, 6.07) is 3.44. The number of benzene rings is 1. The summed E-state index contributed by atoms with van der Waals surface area (Å²) in [5, 5.41) is 12.4. The smallest absolute Gasteiger partial charge is 0.224 e. The summed E-state index contributed by atoms with van der Waals surface area (Å²) in [7, 11) is 0. The number of rotatable bonds is 4. The first-order valence-electron chi connectivity index (χ1n) is 6.90. The number of carbonyl (C=O) groups is 1. The highest BCUT2D eigenvalue weighted by molar-refractivity contribution is 5.79. The molecule has 0 heterocycles. The van der Waals surface area contributed by atoms with E-state index in [1.165, 1.54) is 6.07 Å². The summed E-state index contributed by atoms with van der Waals surface area (Å²) in [5.74, 6) is -2.15. The Morgan fingerprint density at radius 3 is 2.50 bits per heavy atom. The topological polar surface area (TPSA) is 49.3 Å². The van der Waals surface area contributed by atoms with Gasteiger partial charge in [0.15, 0.2) is 11.6 Å². The van der Waals surface area contributed by atoms with E-state index < -0.39 is 17.2 Å². The van der Waals surface area contributed by atoms with Crippen molar-refractivity contribution < 1.29 is 18.7 Å². The average Bonchev–Trinajstić information content (AvgIpc) is 2.44. The van der Waals surface area contributed by atoms with E-state index in [2.05, 4.69) is 5.32 Å². The molecular formula is C15H19F2NO2. The second-order valence-electron chi connectivity index (χ2n) is 5.47. The van der Waals surface area contributed by atoms with Gasteiger partial charge in [-0.25, -0.2) is 8.78 Å². The molecule has 1 aliphatic carbocycles. The zero-order valence-electron chi connectivity index (χ0n) is 11.3. The molecule has 110 valence electrons. The Balaban J connectivity index is 1.98. The summed E-state index contributed by atoms with van der Waals surface area (Å²) in [6.07, 6.45) is 4.57. The quantitative estimate of drug-likeness (QED) is 0.891. The Labute approximate surface area is 117 Å². The third-order valence-electron chi connectivity index (χ3n) is 3.87. The second kappa shape index (κ2) is 6.31. The van der Waals surface area contributed by atoms with Crippen molar-refractivity contribution in [2.45, 2.75) is 44.1 Å². The molecule has 0 aromatic heterocycles. The van der Waals surface area contributed by atoms with Crippen LogP contribution in [0.15, 0.2) is 18.2 Å². The van der Waals surface area contributed by atoms with Crippen LogP contribution in [0.2, 0.25) is 0 Å². The van der Waals surface area contributed by atoms with Crippen LogP contribution in [0.5, 0.6) is 0 Å². The molecule has 1 fully saturated rings. The highest BCUT2D eigenvalue weighted by Crippen LogP contribution is 2.27. The molecule has 1 aromatic rings. The van der Waals surface area contributed by atoms with Gasteiger partial charge in [-0.05, 0) is 30.5 Å². The fraction of sp³-hybridized carbons (Fsp3) is 0.533. The van der Waals surface area contributed by atoms with E-state index in [9.17, 15) is 18.7 Å². The number of aliphatic hydroxyl groups excluding tert-OH is 1. The molecule has 0 radical (unpaired) electrons. The largest absolute Gasteiger partial charge is 0.394 e. The molecule has 1 aliphatic rings. The van der Waals surface area contributed by atoms with Crippen LogP contribution in [0, 0.1) is 11.6 Å². The Morgan fingerprint density at radius 2 is 1.90 bits per heavy atom. The van der Waals surface area contributed by atoms with Gasteiger partial charge in [0.05, 0.1) is 18.6 Å². The van der Waals surface area contributed by atoms with Gasteiger partial charge in [0.25, 0.3) is 0 Å². The van der Waals surface area contributed by atoms with Crippen molar-refractivity contribution in [3.63, 3.8) is 0 Å². The lowest BCUT2D eigenvalue weighted by Gasteiger charge is -2.36. The zero-order chi connectivity index (χ0) is 14.6. The maximum absolute atomic E-state index is 13.1. The third kappa shape index (κ3) is 3.54. The maximum Gasteiger partial charge on any atom is 0.224 e. The van der Waals surface area contributed by atoms with Crippen LogP contribution in [0.4, 0.5) is 8.78 Å². The molecule has 0 aliphatic heterocycles. The van der Waals surface area contributed by atoms with Crippen molar-refractivity contribution in [3.05, 3.63) is 35.4 Å². The maximum atomic E-state index is 13.1. The van der Waals surface area contributed by atoms with Crippen molar-refractivity contribution in [2.75, 3.05) is 6.61 Å². The summed E-state index contributed by atoms with van der Waals surface area (Å²) in [5.41, 5.74) is -0.126. The third-order valence-corrected chi connectivity index (χ3v) is 3.87. The van der Waals surface area contributed by atoms with Gasteiger partial charge in [0, 0.05) is 0 Å². The van der Waals surface area contributed by atoms with E-state index in [1.54, 1.807) is 0 Å². The van der Waals surface area contributed by atoms with E-state index in [0.29, 0.717) is 5.56 Å². The number of halogens is 2. The van der Waals surface area contributed by atoms with Crippen molar-refractivity contribution in [1.29, 1.82) is 0 Å². The fourth-order valence-electron chi connectivity index (χ4n) is 2.73. The van der Waals surface area contributed by atoms with E-state index in [-0.39, 0.29) is 18.9 Å². The molecule has 2 rings (SSSR count). The lowest BCUT2D eigenvalue weighted by Crippen LogP contribution is -2.52. The summed E-state index contributed by atoms with van der Waals surface area (Å²) < 4.78 is 25.9. The normalized spacial score (nSPS) is 17.8. The van der Waals surface area contributed by atoms with Crippen LogP contribution in [0.1, 0.15) is 37.7 Å². The minimum atomic E-state index is -0.954. The Kier molecular flexibility index (Phi) is 4.70. The molecule has 0 atom stereocenters. The SMILES string of the molecule is O=C(Cc1ccc(F)c(F)c1)NC1(CO)CCCCC1. The van der Waals surface area contributed by atoms with Crippen molar-refractivity contribution in [1.82, 2.24) is 5.32 Å². The van der Waals surface area contributed by atoms with Gasteiger partial charge in [-0.1, -0.05) is 25.3 Å². The summed E-state index contributed by atoms with van der Waals surface area (Å²) in [6.45, 7) is -0.0868. The van der Waals surface area contributed by atoms with Gasteiger partial charge in [0.2, 0.25) is 5.91 Å². The molecule has 1 saturated carbocycles. The number of amides is 1. The molecular weight excluding hydrogens is 264 g/mol. The predicted octanol–water partition coefficient (Wildman–Crippen LogP) is 2.32. The van der Waals surface area contributed by atoms with E-state index in [0.717, 1.165) is 44.2 Å². The minimum Gasteiger partial charge on any atom is -0.394 e. The van der Waals surface area contributed by atoms with Crippen LogP contribution in [0.3, 0.4) is 0 Å². The molecule has 5 heteroatoms. The Hall–Kier alpha value is -1.49. The number of hydrogen-bond donors (Lipinski definition) is 2. The first kappa shape index (κ1) is 14.9. The number of nitrogens with one attached hydrogen (secondary N) is 1. The van der Waals surface area contributed by atoms with Gasteiger partial charge in [-0.3, -0.25) is 4.79 Å². The lowest BCUT2D eigenvalue weighted by atomic mass is 9.82. The molecule has 0 saturated heterocycles. The first-order chi connectivity index (χ1) is 9.54. The van der Waals surface area contributed by atoms with E-state index in [1.807, 2.05) is 0 Å². The first-order valence-corrected chi connectivity index (χ1v) is 6.90. The van der Waals surface area contributed by atoms with Gasteiger partial charge < -0.3 is 10.4 Å². The van der Waals surface area contributed by atoms with Gasteiger partial charge in [0.1, 0.15) is 0 Å². The highest BCUT2D eigenvalue weighted by atomic mass is 19.2. The Morgan fingerprint density at radius 1 is 1.20 bits per heavy atom. The van der Waals surface area contributed by atoms with Crippen molar-refractivity contribution in [2.24, 2.45) is 0 Å². The monoisotopic (exact) mass is 283 g/mol. The lowest BCUT2D eigenvalue weighted by molar-refractivity contribution is -0.123. The molecule has 0 bridgehead atoms. The van der Waals surface area contributed by atoms with Crippen LogP contribution in [0.25, 0.3) is 0 Å². The number of carbonyl (C=O) groups excluding carboxylic acids is 1. The fourth-order valence-corrected chi connectivity index (χ4v) is 2.73. The van der Waals surface area contributed by atoms with Gasteiger partial charge in [-0.15, -0.1) is 0 Å². The van der Waals surface area contributed by atoms with Crippen molar-refractivity contribution >= 4 is 5.91 Å². The summed E-state index contributed by atoms with van der Waals surface area (Å²) in [4.78, 5) is 12.0. The predicted molar refractivity (Wildman–Crippen MR) is 71.1 cm³/mol. The number of aliphatic hydroxyl groups is 1. The van der Waals surface area contributed by atoms with Crippen molar-refractivity contribution in [3.8, 4) is 0 Å².